The second-order valence-corrected chi connectivity index (χ2v) is 4.51. The van der Waals surface area contributed by atoms with Crippen LogP contribution >= 0.6 is 0 Å². The Morgan fingerprint density at radius 2 is 2.24 bits per heavy atom. The maximum absolute atomic E-state index is 10.9. The largest absolute Gasteiger partial charge is 0.371 e. The van der Waals surface area contributed by atoms with Crippen molar-refractivity contribution >= 4 is 6.03 Å². The van der Waals surface area contributed by atoms with E-state index in [1.807, 2.05) is 0 Å². The zero-order valence-corrected chi connectivity index (χ0v) is 9.66. The fourth-order valence-electron chi connectivity index (χ4n) is 2.11. The van der Waals surface area contributed by atoms with Gasteiger partial charge in [0.15, 0.2) is 5.79 Å². The van der Waals surface area contributed by atoms with Gasteiger partial charge in [0, 0.05) is 0 Å². The summed E-state index contributed by atoms with van der Waals surface area (Å²) in [4.78, 5) is 21.3. The van der Waals surface area contributed by atoms with E-state index in [1.54, 1.807) is 13.8 Å². The van der Waals surface area contributed by atoms with Gasteiger partial charge in [-0.3, -0.25) is 0 Å². The highest BCUT2D eigenvalue weighted by molar-refractivity contribution is 5.71. The molecule has 0 radical (unpaired) electrons. The molecule has 2 aliphatic heterocycles. The monoisotopic (exact) mass is 245 g/mol. The lowest BCUT2D eigenvalue weighted by molar-refractivity contribution is -0.175. The highest BCUT2D eigenvalue weighted by Crippen LogP contribution is 2.35. The van der Waals surface area contributed by atoms with Crippen LogP contribution in [0.5, 0.6) is 0 Å². The number of hydrogen-bond acceptors (Lipinski definition) is 6. The molecule has 0 aliphatic carbocycles. The van der Waals surface area contributed by atoms with Gasteiger partial charge in [-0.25, -0.2) is 4.79 Å². The van der Waals surface area contributed by atoms with Crippen LogP contribution in [0.3, 0.4) is 0 Å². The van der Waals surface area contributed by atoms with E-state index in [0.717, 1.165) is 0 Å². The first-order valence-electron chi connectivity index (χ1n) is 5.30. The van der Waals surface area contributed by atoms with E-state index in [2.05, 4.69) is 5.29 Å². The third-order valence-corrected chi connectivity index (χ3v) is 2.77. The molecule has 17 heavy (non-hydrogen) atoms. The molecule has 2 fully saturated rings. The Labute approximate surface area is 97.9 Å². The summed E-state index contributed by atoms with van der Waals surface area (Å²) in [7, 11) is 0. The van der Waals surface area contributed by atoms with E-state index in [0.29, 0.717) is 11.6 Å². The maximum atomic E-state index is 10.9. The van der Waals surface area contributed by atoms with E-state index in [1.165, 1.54) is 0 Å². The zero-order chi connectivity index (χ0) is 12.6. The number of nitrogens with zero attached hydrogens (tertiary/aromatic N) is 2. The minimum atomic E-state index is -0.912. The normalized spacial score (nSPS) is 34.4. The summed E-state index contributed by atoms with van der Waals surface area (Å²) in [6, 6.07) is -0.912. The van der Waals surface area contributed by atoms with Crippen LogP contribution in [-0.2, 0) is 14.2 Å². The number of urea groups is 1. The van der Waals surface area contributed by atoms with Gasteiger partial charge in [0.05, 0.1) is 18.4 Å². The van der Waals surface area contributed by atoms with Crippen LogP contribution in [0.25, 0.3) is 0 Å². The first kappa shape index (κ1) is 12.2. The van der Waals surface area contributed by atoms with E-state index in [9.17, 15) is 9.70 Å². The summed E-state index contributed by atoms with van der Waals surface area (Å²) in [5, 5.41) is 3.15. The van der Waals surface area contributed by atoms with Gasteiger partial charge < -0.3 is 19.9 Å². The average Bonchev–Trinajstić information content (AvgIpc) is 2.70. The van der Waals surface area contributed by atoms with Gasteiger partial charge in [-0.05, 0) is 13.8 Å². The molecular formula is C9H15N3O5. The third-order valence-electron chi connectivity index (χ3n) is 2.77. The van der Waals surface area contributed by atoms with E-state index < -0.39 is 17.9 Å². The fourth-order valence-corrected chi connectivity index (χ4v) is 2.11. The molecule has 2 N–H and O–H groups in total. The Morgan fingerprint density at radius 1 is 1.53 bits per heavy atom. The smallest absolute Gasteiger partial charge is 0.337 e. The number of ether oxygens (including phenoxy) is 3. The Bertz CT molecular complexity index is 335. The van der Waals surface area contributed by atoms with Crippen molar-refractivity contribution in [2.75, 3.05) is 13.2 Å². The molecule has 8 heteroatoms. The SMILES string of the molecule is CC1(C)OC2COC(CN(N=O)C(N)=O)C2O1. The lowest BCUT2D eigenvalue weighted by atomic mass is 10.1. The van der Waals surface area contributed by atoms with E-state index in [-0.39, 0.29) is 18.8 Å². The standard InChI is InChI=1S/C9H15N3O5/c1-9(2)16-6-4-15-5(7(6)17-9)3-12(11-14)8(10)13/h5-7H,3-4H2,1-2H3,(H2,10,13). The summed E-state index contributed by atoms with van der Waals surface area (Å²) < 4.78 is 16.6. The molecule has 0 bridgehead atoms. The number of nitrogens with two attached hydrogens (primary N) is 1. The first-order chi connectivity index (χ1) is 7.93. The van der Waals surface area contributed by atoms with Crippen molar-refractivity contribution in [1.82, 2.24) is 5.01 Å². The van der Waals surface area contributed by atoms with Crippen molar-refractivity contribution in [3.8, 4) is 0 Å². The minimum absolute atomic E-state index is 0.0283. The number of carbonyl (C=O) groups is 1. The topological polar surface area (TPSA) is 103 Å². The second kappa shape index (κ2) is 4.21. The zero-order valence-electron chi connectivity index (χ0n) is 9.66. The third kappa shape index (κ3) is 2.38. The molecule has 0 saturated carbocycles. The summed E-state index contributed by atoms with van der Waals surface area (Å²) in [6.07, 6.45) is -0.947. The highest BCUT2D eigenvalue weighted by Gasteiger charge is 2.50. The molecule has 0 aromatic rings. The molecule has 96 valence electrons. The van der Waals surface area contributed by atoms with Gasteiger partial charge in [-0.1, -0.05) is 0 Å². The molecule has 8 nitrogen and oxygen atoms in total. The number of carbonyl (C=O) groups excluding carboxylic acids is 1. The van der Waals surface area contributed by atoms with Crippen molar-refractivity contribution in [1.29, 1.82) is 0 Å². The Kier molecular flexibility index (Phi) is 3.02. The van der Waals surface area contributed by atoms with Crippen LogP contribution < -0.4 is 5.73 Å². The van der Waals surface area contributed by atoms with Crippen molar-refractivity contribution in [3.05, 3.63) is 4.91 Å². The van der Waals surface area contributed by atoms with Gasteiger partial charge in [-0.2, -0.15) is 5.01 Å². The molecular weight excluding hydrogens is 230 g/mol. The van der Waals surface area contributed by atoms with Crippen molar-refractivity contribution in [2.45, 2.75) is 37.9 Å². The van der Waals surface area contributed by atoms with Crippen LogP contribution in [0.15, 0.2) is 5.29 Å². The Hall–Kier alpha value is -1.25. The van der Waals surface area contributed by atoms with Gasteiger partial charge in [0.2, 0.25) is 0 Å². The average molecular weight is 245 g/mol. The number of fused-ring (bicyclic) bond motifs is 1. The second-order valence-electron chi connectivity index (χ2n) is 4.51. The number of rotatable bonds is 3. The first-order valence-corrected chi connectivity index (χ1v) is 5.30. The summed E-state index contributed by atoms with van der Waals surface area (Å²) in [5.74, 6) is -0.677. The summed E-state index contributed by atoms with van der Waals surface area (Å²) in [6.45, 7) is 3.93. The van der Waals surface area contributed by atoms with Crippen molar-refractivity contribution in [2.24, 2.45) is 11.0 Å². The Morgan fingerprint density at radius 3 is 2.82 bits per heavy atom. The predicted octanol–water partition coefficient (Wildman–Crippen LogP) is -0.0326. The molecule has 2 rings (SSSR count). The van der Waals surface area contributed by atoms with Crippen LogP contribution in [0, 0.1) is 4.91 Å². The molecule has 3 atom stereocenters. The molecule has 2 heterocycles. The number of nitroso groups, excluding NO2 is 1. The molecule has 2 saturated heterocycles. The number of hydrogen-bond donors (Lipinski definition) is 1. The molecule has 0 spiro atoms. The van der Waals surface area contributed by atoms with Crippen LogP contribution in [-0.4, -0.2) is 48.3 Å². The van der Waals surface area contributed by atoms with Crippen molar-refractivity contribution < 1.29 is 19.0 Å². The van der Waals surface area contributed by atoms with Crippen LogP contribution in [0.1, 0.15) is 13.8 Å². The summed E-state index contributed by atoms with van der Waals surface area (Å²) in [5.41, 5.74) is 4.98. The molecule has 0 aromatic heterocycles. The fraction of sp³-hybridized carbons (Fsp3) is 0.889. The van der Waals surface area contributed by atoms with Crippen LogP contribution in [0.2, 0.25) is 0 Å². The molecule has 3 unspecified atom stereocenters. The Balaban J connectivity index is 1.99. The van der Waals surface area contributed by atoms with Crippen LogP contribution in [0.4, 0.5) is 4.79 Å². The number of primary amides is 1. The molecule has 2 aliphatic rings. The van der Waals surface area contributed by atoms with Gasteiger partial charge in [-0.15, -0.1) is 4.91 Å². The number of amides is 2. The quantitative estimate of drug-likeness (QED) is 0.555. The van der Waals surface area contributed by atoms with Gasteiger partial charge in [0.1, 0.15) is 18.3 Å². The van der Waals surface area contributed by atoms with Crippen molar-refractivity contribution in [3.63, 3.8) is 0 Å². The highest BCUT2D eigenvalue weighted by atomic mass is 16.8. The minimum Gasteiger partial charge on any atom is -0.371 e. The van der Waals surface area contributed by atoms with Gasteiger partial charge in [0.25, 0.3) is 0 Å². The molecule has 0 aromatic carbocycles. The maximum Gasteiger partial charge on any atom is 0.337 e. The lowest BCUT2D eigenvalue weighted by Gasteiger charge is -2.23. The molecule has 2 amide bonds. The van der Waals surface area contributed by atoms with E-state index >= 15 is 0 Å². The van der Waals surface area contributed by atoms with Gasteiger partial charge >= 0.3 is 6.03 Å². The van der Waals surface area contributed by atoms with E-state index in [4.69, 9.17) is 19.9 Å². The summed E-state index contributed by atoms with van der Waals surface area (Å²) >= 11 is 0. The predicted molar refractivity (Wildman–Crippen MR) is 55.6 cm³/mol. The lowest BCUT2D eigenvalue weighted by Crippen LogP contribution is -2.42.